The fraction of sp³-hybridized carbons (Fsp3) is 0.857. The summed E-state index contributed by atoms with van der Waals surface area (Å²) in [5.41, 5.74) is 5.23. The Morgan fingerprint density at radius 3 is 2.25 bits per heavy atom. The highest BCUT2D eigenvalue weighted by Gasteiger charge is 2.32. The number of likely N-dealkylation sites (tertiary alicyclic amines) is 1. The lowest BCUT2D eigenvalue weighted by atomic mass is 9.93. The Balaban J connectivity index is 0.000000620. The van der Waals surface area contributed by atoms with Crippen LogP contribution in [0, 0.1) is 17.8 Å². The number of piperidine rings is 1. The van der Waals surface area contributed by atoms with Gasteiger partial charge in [0.25, 0.3) is 0 Å². The molecule has 1 aliphatic carbocycles. The van der Waals surface area contributed by atoms with E-state index in [0.29, 0.717) is 32.0 Å². The van der Waals surface area contributed by atoms with Crippen molar-refractivity contribution in [1.82, 2.24) is 15.1 Å². The molecule has 0 aromatic heterocycles. The molecule has 160 valence electrons. The van der Waals surface area contributed by atoms with Gasteiger partial charge in [-0.15, -0.1) is 0 Å². The summed E-state index contributed by atoms with van der Waals surface area (Å²) in [4.78, 5) is 39.5. The predicted molar refractivity (Wildman–Crippen MR) is 109 cm³/mol. The molecule has 2 saturated heterocycles. The Morgan fingerprint density at radius 2 is 1.75 bits per heavy atom. The van der Waals surface area contributed by atoms with Gasteiger partial charge in [-0.25, -0.2) is 0 Å². The zero-order valence-corrected chi connectivity index (χ0v) is 17.8. The van der Waals surface area contributed by atoms with Crippen LogP contribution in [0.4, 0.5) is 0 Å². The maximum absolute atomic E-state index is 12.5. The molecule has 0 aromatic rings. The summed E-state index contributed by atoms with van der Waals surface area (Å²) in [6.45, 7) is 9.23. The van der Waals surface area contributed by atoms with Crippen LogP contribution in [-0.2, 0) is 14.4 Å². The minimum atomic E-state index is -0.276. The van der Waals surface area contributed by atoms with Gasteiger partial charge in [0.15, 0.2) is 0 Å². The van der Waals surface area contributed by atoms with Gasteiger partial charge in [-0.2, -0.15) is 0 Å². The first-order valence-electron chi connectivity index (χ1n) is 10.8. The molecule has 7 nitrogen and oxygen atoms in total. The number of piperazine rings is 1. The van der Waals surface area contributed by atoms with Crippen molar-refractivity contribution in [3.8, 4) is 0 Å². The lowest BCUT2D eigenvalue weighted by Crippen LogP contribution is -2.57. The normalized spacial score (nSPS) is 23.4. The molecule has 3 N–H and O–H groups in total. The molecule has 1 unspecified atom stereocenters. The molecule has 0 aromatic carbocycles. The quantitative estimate of drug-likeness (QED) is 0.711. The van der Waals surface area contributed by atoms with E-state index < -0.39 is 0 Å². The number of carbonyl (C=O) groups is 3. The highest BCUT2D eigenvalue weighted by atomic mass is 16.2. The summed E-state index contributed by atoms with van der Waals surface area (Å²) in [6, 6.07) is -0.173. The van der Waals surface area contributed by atoms with Crippen LogP contribution in [0.2, 0.25) is 0 Å². The van der Waals surface area contributed by atoms with Crippen molar-refractivity contribution in [2.24, 2.45) is 23.5 Å². The van der Waals surface area contributed by atoms with Crippen molar-refractivity contribution in [3.05, 3.63) is 0 Å². The van der Waals surface area contributed by atoms with Crippen LogP contribution in [0.3, 0.4) is 0 Å². The van der Waals surface area contributed by atoms with E-state index in [9.17, 15) is 14.4 Å². The molecular weight excluding hydrogens is 356 g/mol. The van der Waals surface area contributed by atoms with Crippen molar-refractivity contribution >= 4 is 17.7 Å². The van der Waals surface area contributed by atoms with E-state index in [1.54, 1.807) is 4.90 Å². The van der Waals surface area contributed by atoms with Gasteiger partial charge < -0.3 is 20.9 Å². The molecule has 0 spiro atoms. The first kappa shape index (κ1) is 22.7. The van der Waals surface area contributed by atoms with Crippen molar-refractivity contribution in [2.45, 2.75) is 65.3 Å². The van der Waals surface area contributed by atoms with E-state index in [1.807, 2.05) is 4.90 Å². The summed E-state index contributed by atoms with van der Waals surface area (Å²) in [5.74, 6) is 1.56. The molecule has 2 heterocycles. The average molecular weight is 395 g/mol. The number of nitrogens with two attached hydrogens (primary N) is 1. The summed E-state index contributed by atoms with van der Waals surface area (Å²) in [5, 5.41) is 3.25. The Labute approximate surface area is 169 Å². The van der Waals surface area contributed by atoms with Crippen molar-refractivity contribution in [1.29, 1.82) is 0 Å². The fourth-order valence-electron chi connectivity index (χ4n) is 3.71. The Kier molecular flexibility index (Phi) is 8.73. The van der Waals surface area contributed by atoms with E-state index in [4.69, 9.17) is 5.73 Å². The van der Waals surface area contributed by atoms with Gasteiger partial charge in [-0.05, 0) is 37.0 Å². The zero-order chi connectivity index (χ0) is 20.7. The molecule has 3 fully saturated rings. The SMILES string of the molecule is CC(C)CC1NCCN(CC(=O)N2CCC(CC(N)=O)CC2)C1=O.CC1CC1. The van der Waals surface area contributed by atoms with Gasteiger partial charge >= 0.3 is 0 Å². The van der Waals surface area contributed by atoms with Crippen LogP contribution in [0.1, 0.15) is 59.3 Å². The first-order valence-corrected chi connectivity index (χ1v) is 10.8. The molecule has 1 atom stereocenters. The number of amides is 3. The Hall–Kier alpha value is -1.63. The molecule has 1 saturated carbocycles. The second-order valence-electron chi connectivity index (χ2n) is 9.07. The average Bonchev–Trinajstić information content (AvgIpc) is 3.41. The van der Waals surface area contributed by atoms with E-state index in [-0.39, 0.29) is 36.2 Å². The lowest BCUT2D eigenvalue weighted by molar-refractivity contribution is -0.144. The number of nitrogens with zero attached hydrogens (tertiary/aromatic N) is 2. The Bertz CT molecular complexity index is 540. The molecule has 3 rings (SSSR count). The van der Waals surface area contributed by atoms with Crippen LogP contribution in [0.25, 0.3) is 0 Å². The topological polar surface area (TPSA) is 95.7 Å². The molecule has 2 aliphatic heterocycles. The van der Waals surface area contributed by atoms with E-state index in [0.717, 1.165) is 31.7 Å². The van der Waals surface area contributed by atoms with Crippen LogP contribution >= 0.6 is 0 Å². The number of hydrogen-bond donors (Lipinski definition) is 2. The van der Waals surface area contributed by atoms with Crippen LogP contribution < -0.4 is 11.1 Å². The summed E-state index contributed by atoms with van der Waals surface area (Å²) in [7, 11) is 0. The third kappa shape index (κ3) is 7.78. The Morgan fingerprint density at radius 1 is 1.14 bits per heavy atom. The molecule has 0 radical (unpaired) electrons. The second-order valence-corrected chi connectivity index (χ2v) is 9.07. The number of carbonyl (C=O) groups excluding carboxylic acids is 3. The standard InChI is InChI=1S/C17H30N4O3.C4H8/c1-12(2)9-14-17(24)21(8-5-19-14)11-16(23)20-6-3-13(4-7-20)10-15(18)22;1-4-2-3-4/h12-14,19H,3-11H2,1-2H3,(H2,18,22);4H,2-3H2,1H3. The summed E-state index contributed by atoms with van der Waals surface area (Å²) >= 11 is 0. The van der Waals surface area contributed by atoms with Gasteiger partial charge in [0.1, 0.15) is 0 Å². The first-order chi connectivity index (χ1) is 13.3. The second kappa shape index (κ2) is 10.8. The number of rotatable bonds is 6. The van der Waals surface area contributed by atoms with Gasteiger partial charge in [-0.3, -0.25) is 14.4 Å². The fourth-order valence-corrected chi connectivity index (χ4v) is 3.71. The molecule has 3 amide bonds. The number of nitrogens with one attached hydrogen (secondary N) is 1. The molecular formula is C21H38N4O3. The van der Waals surface area contributed by atoms with Gasteiger partial charge in [0.05, 0.1) is 12.6 Å². The highest BCUT2D eigenvalue weighted by molar-refractivity contribution is 5.88. The molecule has 7 heteroatoms. The molecule has 3 aliphatic rings. The summed E-state index contributed by atoms with van der Waals surface area (Å²) < 4.78 is 0. The van der Waals surface area contributed by atoms with Gasteiger partial charge in [0, 0.05) is 32.6 Å². The van der Waals surface area contributed by atoms with Crippen molar-refractivity contribution < 1.29 is 14.4 Å². The van der Waals surface area contributed by atoms with Crippen molar-refractivity contribution in [3.63, 3.8) is 0 Å². The lowest BCUT2D eigenvalue weighted by Gasteiger charge is -2.36. The molecule has 0 bridgehead atoms. The monoisotopic (exact) mass is 394 g/mol. The van der Waals surface area contributed by atoms with E-state index in [1.165, 1.54) is 12.8 Å². The number of hydrogen-bond acceptors (Lipinski definition) is 4. The van der Waals surface area contributed by atoms with Crippen LogP contribution in [-0.4, -0.2) is 66.3 Å². The third-order valence-corrected chi connectivity index (χ3v) is 5.74. The van der Waals surface area contributed by atoms with Crippen LogP contribution in [0.5, 0.6) is 0 Å². The largest absolute Gasteiger partial charge is 0.370 e. The maximum atomic E-state index is 12.5. The molecule has 28 heavy (non-hydrogen) atoms. The van der Waals surface area contributed by atoms with Crippen LogP contribution in [0.15, 0.2) is 0 Å². The number of primary amides is 1. The highest BCUT2D eigenvalue weighted by Crippen LogP contribution is 2.26. The van der Waals surface area contributed by atoms with E-state index in [2.05, 4.69) is 26.1 Å². The van der Waals surface area contributed by atoms with Crippen molar-refractivity contribution in [2.75, 3.05) is 32.7 Å². The van der Waals surface area contributed by atoms with E-state index >= 15 is 0 Å². The minimum Gasteiger partial charge on any atom is -0.370 e. The maximum Gasteiger partial charge on any atom is 0.242 e. The van der Waals surface area contributed by atoms with Gasteiger partial charge in [-0.1, -0.05) is 33.6 Å². The predicted octanol–water partition coefficient (Wildman–Crippen LogP) is 1.36. The zero-order valence-electron chi connectivity index (χ0n) is 17.8. The minimum absolute atomic E-state index is 0.00562. The van der Waals surface area contributed by atoms with Gasteiger partial charge in [0.2, 0.25) is 17.7 Å². The summed E-state index contributed by atoms with van der Waals surface area (Å²) in [6.07, 6.45) is 5.78. The third-order valence-electron chi connectivity index (χ3n) is 5.74. The smallest absolute Gasteiger partial charge is 0.242 e.